The molecule has 0 radical (unpaired) electrons. The lowest BCUT2D eigenvalue weighted by Gasteiger charge is -2.16. The summed E-state index contributed by atoms with van der Waals surface area (Å²) in [6, 6.07) is 15.9. The third-order valence-electron chi connectivity index (χ3n) is 5.16. The van der Waals surface area contributed by atoms with Crippen LogP contribution in [0.15, 0.2) is 71.9 Å². The van der Waals surface area contributed by atoms with E-state index in [0.717, 1.165) is 5.69 Å². The zero-order chi connectivity index (χ0) is 22.2. The molecule has 0 atom stereocenters. The number of carbonyl (C=O) groups is 1. The van der Waals surface area contributed by atoms with Crippen LogP contribution in [-0.2, 0) is 9.84 Å². The number of rotatable bonds is 5. The van der Waals surface area contributed by atoms with Crippen LogP contribution < -0.4 is 4.90 Å². The van der Waals surface area contributed by atoms with Crippen molar-refractivity contribution in [3.05, 3.63) is 72.6 Å². The van der Waals surface area contributed by atoms with Crippen molar-refractivity contribution in [1.29, 1.82) is 0 Å². The van der Waals surface area contributed by atoms with Crippen LogP contribution in [0.2, 0.25) is 0 Å². The lowest BCUT2D eigenvalue weighted by molar-refractivity contribution is 0.0994. The van der Waals surface area contributed by atoms with Crippen LogP contribution in [0.5, 0.6) is 0 Å². The second-order valence-electron chi connectivity index (χ2n) is 7.47. The second-order valence-corrected chi connectivity index (χ2v) is 9.98. The van der Waals surface area contributed by atoms with Gasteiger partial charge in [-0.25, -0.2) is 18.4 Å². The highest BCUT2D eigenvalue weighted by atomic mass is 32.2. The zero-order valence-corrected chi connectivity index (χ0v) is 18.2. The van der Waals surface area contributed by atoms with Crippen molar-refractivity contribution >= 4 is 32.6 Å². The molecule has 1 amide bonds. The Kier molecular flexibility index (Phi) is 5.32. The van der Waals surface area contributed by atoms with Gasteiger partial charge in [-0.15, -0.1) is 0 Å². The predicted octanol–water partition coefficient (Wildman–Crippen LogP) is 4.08. The molecule has 0 fully saturated rings. The maximum absolute atomic E-state index is 13.1. The largest absolute Gasteiger partial charge is 0.344 e. The van der Waals surface area contributed by atoms with E-state index in [2.05, 4.69) is 15.0 Å². The van der Waals surface area contributed by atoms with Gasteiger partial charge in [0.2, 0.25) is 0 Å². The Morgan fingerprint density at radius 1 is 1.03 bits per heavy atom. The topological polar surface area (TPSA) is 96.0 Å². The van der Waals surface area contributed by atoms with E-state index < -0.39 is 15.1 Å². The fraction of sp³-hybridized carbons (Fsp3) is 0.174. The third-order valence-corrected chi connectivity index (χ3v) is 7.33. The summed E-state index contributed by atoms with van der Waals surface area (Å²) >= 11 is 0. The molecule has 0 unspecified atom stereocenters. The molecule has 0 aliphatic heterocycles. The predicted molar refractivity (Wildman–Crippen MR) is 121 cm³/mol. The maximum Gasteiger partial charge on any atom is 0.261 e. The molecule has 1 N–H and O–H groups in total. The monoisotopic (exact) mass is 434 g/mol. The van der Waals surface area contributed by atoms with Crippen LogP contribution in [0.3, 0.4) is 0 Å². The summed E-state index contributed by atoms with van der Waals surface area (Å²) in [5.74, 6) is -0.206. The number of H-pyrrole nitrogens is 1. The first-order valence-corrected chi connectivity index (χ1v) is 11.3. The molecule has 0 saturated heterocycles. The van der Waals surface area contributed by atoms with Crippen molar-refractivity contribution in [2.75, 3.05) is 11.9 Å². The average Bonchev–Trinajstić information content (AvgIpc) is 3.22. The third kappa shape index (κ3) is 3.82. The highest BCUT2D eigenvalue weighted by Crippen LogP contribution is 2.25. The van der Waals surface area contributed by atoms with Gasteiger partial charge in [0.1, 0.15) is 5.52 Å². The van der Waals surface area contributed by atoms with Crippen molar-refractivity contribution in [2.45, 2.75) is 24.0 Å². The summed E-state index contributed by atoms with van der Waals surface area (Å²) in [7, 11) is -1.64. The summed E-state index contributed by atoms with van der Waals surface area (Å²) < 4.78 is 24.7. The molecule has 0 aliphatic rings. The molecular formula is C23H22N4O3S. The normalized spacial score (nSPS) is 11.7. The summed E-state index contributed by atoms with van der Waals surface area (Å²) in [4.78, 5) is 26.9. The molecule has 8 heteroatoms. The number of amides is 1. The van der Waals surface area contributed by atoms with Gasteiger partial charge in [0.25, 0.3) is 5.91 Å². The number of nitrogens with zero attached hydrogens (tertiary/aromatic N) is 3. The number of fused-ring (bicyclic) bond motifs is 1. The van der Waals surface area contributed by atoms with Gasteiger partial charge in [0.15, 0.2) is 15.5 Å². The number of carbonyl (C=O) groups excluding carboxylic acids is 1. The van der Waals surface area contributed by atoms with Crippen LogP contribution in [0.1, 0.15) is 24.2 Å². The molecule has 0 aliphatic carbocycles. The van der Waals surface area contributed by atoms with Gasteiger partial charge < -0.3 is 9.88 Å². The van der Waals surface area contributed by atoms with Crippen LogP contribution in [0.25, 0.3) is 22.4 Å². The zero-order valence-electron chi connectivity index (χ0n) is 17.4. The van der Waals surface area contributed by atoms with Gasteiger partial charge in [-0.2, -0.15) is 0 Å². The smallest absolute Gasteiger partial charge is 0.261 e. The lowest BCUT2D eigenvalue weighted by Crippen LogP contribution is -2.26. The number of nitrogens with one attached hydrogen (secondary N) is 1. The Bertz CT molecular complexity index is 1340. The molecule has 7 nitrogen and oxygen atoms in total. The molecule has 2 aromatic heterocycles. The quantitative estimate of drug-likeness (QED) is 0.510. The highest BCUT2D eigenvalue weighted by molar-refractivity contribution is 7.92. The molecule has 31 heavy (non-hydrogen) atoms. The van der Waals surface area contributed by atoms with Crippen LogP contribution in [0.4, 0.5) is 5.69 Å². The van der Waals surface area contributed by atoms with Gasteiger partial charge in [-0.05, 0) is 38.1 Å². The summed E-state index contributed by atoms with van der Waals surface area (Å²) in [5, 5.41) is -0.496. The maximum atomic E-state index is 13.1. The molecule has 0 spiro atoms. The number of aromatic amines is 1. The number of anilines is 1. The first kappa shape index (κ1) is 20.7. The van der Waals surface area contributed by atoms with Crippen molar-refractivity contribution < 1.29 is 13.2 Å². The minimum Gasteiger partial charge on any atom is -0.344 e. The molecule has 4 rings (SSSR count). The van der Waals surface area contributed by atoms with Gasteiger partial charge in [0, 0.05) is 24.5 Å². The first-order chi connectivity index (χ1) is 14.8. The van der Waals surface area contributed by atoms with E-state index in [4.69, 9.17) is 0 Å². The number of aromatic nitrogens is 3. The van der Waals surface area contributed by atoms with Gasteiger partial charge >= 0.3 is 0 Å². The number of hydrogen-bond donors (Lipinski definition) is 1. The molecular weight excluding hydrogens is 412 g/mol. The minimum absolute atomic E-state index is 0.206. The lowest BCUT2D eigenvalue weighted by atomic mass is 10.1. The molecule has 0 saturated carbocycles. The number of para-hydroxylation sites is 1. The van der Waals surface area contributed by atoms with Crippen LogP contribution in [-0.4, -0.2) is 41.6 Å². The van der Waals surface area contributed by atoms with Gasteiger partial charge in [0.05, 0.1) is 27.6 Å². The molecule has 158 valence electrons. The summed E-state index contributed by atoms with van der Waals surface area (Å²) in [6.07, 6.45) is 3.20. The second kappa shape index (κ2) is 7.96. The van der Waals surface area contributed by atoms with E-state index in [1.54, 1.807) is 62.5 Å². The Balaban J connectivity index is 1.70. The number of sulfone groups is 1. The fourth-order valence-corrected chi connectivity index (χ4v) is 4.29. The van der Waals surface area contributed by atoms with E-state index in [0.29, 0.717) is 28.0 Å². The Morgan fingerprint density at radius 3 is 2.35 bits per heavy atom. The van der Waals surface area contributed by atoms with E-state index >= 15 is 0 Å². The molecule has 0 bridgehead atoms. The van der Waals surface area contributed by atoms with Crippen molar-refractivity contribution in [1.82, 2.24) is 15.0 Å². The van der Waals surface area contributed by atoms with Crippen molar-refractivity contribution in [2.24, 2.45) is 0 Å². The summed E-state index contributed by atoms with van der Waals surface area (Å²) in [5.41, 5.74) is 3.42. The SMILES string of the molecule is CC(C)S(=O)(=O)c1ccc(-c2cnc3[nH]cc(C(=O)N(C)c4ccccc4)c3n2)cc1. The minimum atomic E-state index is -3.35. The first-order valence-electron chi connectivity index (χ1n) is 9.80. The van der Waals surface area contributed by atoms with Crippen molar-refractivity contribution in [3.8, 4) is 11.3 Å². The van der Waals surface area contributed by atoms with Gasteiger partial charge in [-0.1, -0.05) is 30.3 Å². The van der Waals surface area contributed by atoms with Gasteiger partial charge in [-0.3, -0.25) is 4.79 Å². The Morgan fingerprint density at radius 2 is 1.71 bits per heavy atom. The number of benzene rings is 2. The number of hydrogen-bond acceptors (Lipinski definition) is 5. The average molecular weight is 435 g/mol. The van der Waals surface area contributed by atoms with E-state index in [-0.39, 0.29) is 10.8 Å². The van der Waals surface area contributed by atoms with E-state index in [1.165, 1.54) is 0 Å². The van der Waals surface area contributed by atoms with E-state index in [9.17, 15) is 13.2 Å². The van der Waals surface area contributed by atoms with E-state index in [1.807, 2.05) is 30.3 Å². The fourth-order valence-electron chi connectivity index (χ4n) is 3.23. The Hall–Kier alpha value is -3.52. The van der Waals surface area contributed by atoms with Crippen LogP contribution in [0, 0.1) is 0 Å². The Labute approximate surface area is 180 Å². The molecule has 2 aromatic carbocycles. The summed E-state index contributed by atoms with van der Waals surface area (Å²) in [6.45, 7) is 3.30. The molecule has 4 aromatic rings. The van der Waals surface area contributed by atoms with Crippen LogP contribution >= 0.6 is 0 Å². The standard InChI is InChI=1S/C23H22N4O3S/c1-15(2)31(29,30)18-11-9-16(10-12-18)20-14-25-22-21(26-20)19(13-24-22)23(28)27(3)17-7-5-4-6-8-17/h4-15H,1-3H3,(H,24,25). The highest BCUT2D eigenvalue weighted by Gasteiger charge is 2.21. The van der Waals surface area contributed by atoms with Crippen molar-refractivity contribution in [3.63, 3.8) is 0 Å². The molecule has 2 heterocycles.